The number of fused-ring (bicyclic) bond motifs is 1. The van der Waals surface area contributed by atoms with Crippen LogP contribution in [0.2, 0.25) is 0 Å². The van der Waals surface area contributed by atoms with Crippen LogP contribution in [0.1, 0.15) is 34.1 Å². The summed E-state index contributed by atoms with van der Waals surface area (Å²) in [4.78, 5) is 25.2. The van der Waals surface area contributed by atoms with Gasteiger partial charge >= 0.3 is 5.97 Å². The number of esters is 1. The molecule has 132 valence electrons. The first-order valence-corrected chi connectivity index (χ1v) is 8.86. The number of methoxy groups -OCH3 is 1. The third kappa shape index (κ3) is 4.30. The molecule has 0 bridgehead atoms. The summed E-state index contributed by atoms with van der Waals surface area (Å²) in [7, 11) is 1.33. The predicted octanol–water partition coefficient (Wildman–Crippen LogP) is 2.94. The van der Waals surface area contributed by atoms with E-state index in [2.05, 4.69) is 5.32 Å². The summed E-state index contributed by atoms with van der Waals surface area (Å²) in [5, 5.41) is 4.80. The highest BCUT2D eigenvalue weighted by Gasteiger charge is 2.21. The van der Waals surface area contributed by atoms with Crippen LogP contribution in [0.4, 0.5) is 0 Å². The standard InChI is InChI=1S/C18H19NO5S/c1-22-17(20)11-13(16-4-2-9-25-16)19-18(21)12-5-6-14-15(10-12)24-8-3-7-23-14/h2,4-6,9-10,13H,3,7-8,11H2,1H3,(H,19,21)/t13-/m0/s1. The van der Waals surface area contributed by atoms with E-state index in [0.717, 1.165) is 11.3 Å². The first kappa shape index (κ1) is 17.3. The number of carbonyl (C=O) groups excluding carboxylic acids is 2. The highest BCUT2D eigenvalue weighted by Crippen LogP contribution is 2.31. The Labute approximate surface area is 149 Å². The Morgan fingerprint density at radius 3 is 2.76 bits per heavy atom. The van der Waals surface area contributed by atoms with Gasteiger partial charge < -0.3 is 19.5 Å². The van der Waals surface area contributed by atoms with Crippen LogP contribution in [0.15, 0.2) is 35.7 Å². The lowest BCUT2D eigenvalue weighted by atomic mass is 10.1. The summed E-state index contributed by atoms with van der Waals surface area (Å²) in [6, 6.07) is 8.41. The van der Waals surface area contributed by atoms with Gasteiger partial charge in [0.2, 0.25) is 0 Å². The molecule has 0 radical (unpaired) electrons. The Bertz CT molecular complexity index is 744. The van der Waals surface area contributed by atoms with Crippen LogP contribution in [-0.4, -0.2) is 32.2 Å². The summed E-state index contributed by atoms with van der Waals surface area (Å²) in [5.41, 5.74) is 0.454. The molecule has 2 aromatic rings. The zero-order valence-electron chi connectivity index (χ0n) is 13.8. The smallest absolute Gasteiger partial charge is 0.307 e. The van der Waals surface area contributed by atoms with Crippen molar-refractivity contribution in [3.05, 3.63) is 46.2 Å². The third-order valence-corrected chi connectivity index (χ3v) is 4.79. The van der Waals surface area contributed by atoms with Gasteiger partial charge in [-0.05, 0) is 29.6 Å². The summed E-state index contributed by atoms with van der Waals surface area (Å²) in [5.74, 6) is 0.541. The number of hydrogen-bond acceptors (Lipinski definition) is 6. The van der Waals surface area contributed by atoms with Gasteiger partial charge in [0, 0.05) is 16.9 Å². The van der Waals surface area contributed by atoms with Gasteiger partial charge in [0.25, 0.3) is 5.91 Å². The van der Waals surface area contributed by atoms with Crippen molar-refractivity contribution in [1.82, 2.24) is 5.32 Å². The lowest BCUT2D eigenvalue weighted by molar-refractivity contribution is -0.141. The first-order chi connectivity index (χ1) is 12.2. The molecular formula is C18H19NO5S. The summed E-state index contributed by atoms with van der Waals surface area (Å²) >= 11 is 1.48. The van der Waals surface area contributed by atoms with Crippen molar-refractivity contribution in [2.24, 2.45) is 0 Å². The van der Waals surface area contributed by atoms with Crippen molar-refractivity contribution in [3.8, 4) is 11.5 Å². The zero-order valence-corrected chi connectivity index (χ0v) is 14.6. The minimum atomic E-state index is -0.434. The number of thiophene rings is 1. The Kier molecular flexibility index (Phi) is 5.55. The number of ether oxygens (including phenoxy) is 3. The van der Waals surface area contributed by atoms with Gasteiger partial charge in [-0.15, -0.1) is 11.3 Å². The second-order valence-corrected chi connectivity index (χ2v) is 6.51. The van der Waals surface area contributed by atoms with E-state index in [1.54, 1.807) is 18.2 Å². The maximum absolute atomic E-state index is 12.6. The van der Waals surface area contributed by atoms with E-state index in [4.69, 9.17) is 14.2 Å². The van der Waals surface area contributed by atoms with Gasteiger partial charge in [0.05, 0.1) is 32.8 Å². The van der Waals surface area contributed by atoms with Crippen LogP contribution >= 0.6 is 11.3 Å². The summed E-state index contributed by atoms with van der Waals surface area (Å²) in [6.07, 6.45) is 0.878. The first-order valence-electron chi connectivity index (χ1n) is 7.98. The Hall–Kier alpha value is -2.54. The minimum Gasteiger partial charge on any atom is -0.490 e. The van der Waals surface area contributed by atoms with E-state index in [0.29, 0.717) is 30.3 Å². The van der Waals surface area contributed by atoms with Crippen LogP contribution in [0, 0.1) is 0 Å². The molecule has 25 heavy (non-hydrogen) atoms. The molecule has 0 fully saturated rings. The fourth-order valence-electron chi connectivity index (χ4n) is 2.51. The Morgan fingerprint density at radius 2 is 2.04 bits per heavy atom. The van der Waals surface area contributed by atoms with Crippen LogP contribution in [0.3, 0.4) is 0 Å². The van der Waals surface area contributed by atoms with Crippen molar-refractivity contribution in [2.75, 3.05) is 20.3 Å². The lowest BCUT2D eigenvalue weighted by Gasteiger charge is -2.17. The molecule has 0 unspecified atom stereocenters. The molecule has 2 heterocycles. The average Bonchev–Trinajstić information content (AvgIpc) is 3.06. The van der Waals surface area contributed by atoms with Gasteiger partial charge in [-0.25, -0.2) is 0 Å². The van der Waals surface area contributed by atoms with E-state index >= 15 is 0 Å². The molecule has 1 aromatic heterocycles. The van der Waals surface area contributed by atoms with Crippen LogP contribution < -0.4 is 14.8 Å². The monoisotopic (exact) mass is 361 g/mol. The maximum atomic E-state index is 12.6. The lowest BCUT2D eigenvalue weighted by Crippen LogP contribution is -2.30. The van der Waals surface area contributed by atoms with Crippen molar-refractivity contribution >= 4 is 23.2 Å². The molecule has 1 aromatic carbocycles. The second-order valence-electron chi connectivity index (χ2n) is 5.53. The molecular weight excluding hydrogens is 342 g/mol. The average molecular weight is 361 g/mol. The topological polar surface area (TPSA) is 73.9 Å². The molecule has 7 heteroatoms. The molecule has 3 rings (SSSR count). The molecule has 1 aliphatic rings. The van der Waals surface area contributed by atoms with Gasteiger partial charge in [-0.2, -0.15) is 0 Å². The highest BCUT2D eigenvalue weighted by atomic mass is 32.1. The molecule has 1 amide bonds. The number of benzene rings is 1. The van der Waals surface area contributed by atoms with E-state index in [1.807, 2.05) is 17.5 Å². The molecule has 1 N–H and O–H groups in total. The van der Waals surface area contributed by atoms with Crippen LogP contribution in [0.25, 0.3) is 0 Å². The van der Waals surface area contributed by atoms with Gasteiger partial charge in [0.15, 0.2) is 11.5 Å². The number of amides is 1. The van der Waals surface area contributed by atoms with Crippen molar-refractivity contribution in [1.29, 1.82) is 0 Å². The number of rotatable bonds is 5. The Balaban J connectivity index is 1.77. The molecule has 1 atom stereocenters. The van der Waals surface area contributed by atoms with E-state index in [9.17, 15) is 9.59 Å². The largest absolute Gasteiger partial charge is 0.490 e. The highest BCUT2D eigenvalue weighted by molar-refractivity contribution is 7.10. The molecule has 0 spiro atoms. The second kappa shape index (κ2) is 8.02. The molecule has 0 saturated heterocycles. The molecule has 6 nitrogen and oxygen atoms in total. The number of carbonyl (C=O) groups is 2. The molecule has 0 aliphatic carbocycles. The van der Waals surface area contributed by atoms with Crippen molar-refractivity contribution in [3.63, 3.8) is 0 Å². The quantitative estimate of drug-likeness (QED) is 0.829. The van der Waals surface area contributed by atoms with E-state index < -0.39 is 6.04 Å². The van der Waals surface area contributed by atoms with Gasteiger partial charge in [0.1, 0.15) is 0 Å². The van der Waals surface area contributed by atoms with E-state index in [1.165, 1.54) is 18.4 Å². The van der Waals surface area contributed by atoms with Crippen molar-refractivity contribution < 1.29 is 23.8 Å². The van der Waals surface area contributed by atoms with E-state index in [-0.39, 0.29) is 18.3 Å². The van der Waals surface area contributed by atoms with Gasteiger partial charge in [-0.1, -0.05) is 6.07 Å². The molecule has 0 saturated carbocycles. The minimum absolute atomic E-state index is 0.0767. The van der Waals surface area contributed by atoms with Crippen molar-refractivity contribution in [2.45, 2.75) is 18.9 Å². The normalized spacial score (nSPS) is 14.3. The SMILES string of the molecule is COC(=O)C[C@H](NC(=O)c1ccc2c(c1)OCCCO2)c1cccs1. The summed E-state index contributed by atoms with van der Waals surface area (Å²) < 4.78 is 15.9. The Morgan fingerprint density at radius 1 is 1.24 bits per heavy atom. The molecule has 1 aliphatic heterocycles. The zero-order chi connectivity index (χ0) is 17.6. The fraction of sp³-hybridized carbons (Fsp3) is 0.333. The summed E-state index contributed by atoms with van der Waals surface area (Å²) in [6.45, 7) is 1.15. The van der Waals surface area contributed by atoms with Crippen LogP contribution in [-0.2, 0) is 9.53 Å². The van der Waals surface area contributed by atoms with Crippen LogP contribution in [0.5, 0.6) is 11.5 Å². The van der Waals surface area contributed by atoms with Gasteiger partial charge in [-0.3, -0.25) is 9.59 Å². The third-order valence-electron chi connectivity index (χ3n) is 3.80. The number of nitrogens with one attached hydrogen (secondary N) is 1. The predicted molar refractivity (Wildman–Crippen MR) is 93.2 cm³/mol. The maximum Gasteiger partial charge on any atom is 0.307 e. The fourth-order valence-corrected chi connectivity index (χ4v) is 3.29. The number of hydrogen-bond donors (Lipinski definition) is 1.